The Morgan fingerprint density at radius 1 is 0.733 bits per heavy atom. The minimum atomic E-state index is 0.530. The highest BCUT2D eigenvalue weighted by molar-refractivity contribution is 7.81. The SMILES string of the molecule is S=C(NCCN(C(=S)Nc1ccc(Cl)cc1)c1ccccc1)Nc1ccc(Cl)cc1. The highest BCUT2D eigenvalue weighted by Crippen LogP contribution is 2.18. The molecular formula is C22H20Cl2N4S2. The Labute approximate surface area is 197 Å². The van der Waals surface area contributed by atoms with Gasteiger partial charge in [0.15, 0.2) is 10.2 Å². The number of anilines is 3. The molecule has 0 aromatic heterocycles. The van der Waals surface area contributed by atoms with Crippen molar-refractivity contribution in [2.24, 2.45) is 0 Å². The molecule has 3 N–H and O–H groups in total. The molecule has 30 heavy (non-hydrogen) atoms. The summed E-state index contributed by atoms with van der Waals surface area (Å²) in [5, 5.41) is 12.1. The van der Waals surface area contributed by atoms with E-state index >= 15 is 0 Å². The summed E-state index contributed by atoms with van der Waals surface area (Å²) in [6.45, 7) is 1.21. The zero-order valence-corrected chi connectivity index (χ0v) is 19.1. The van der Waals surface area contributed by atoms with E-state index in [-0.39, 0.29) is 0 Å². The number of nitrogens with zero attached hydrogens (tertiary/aromatic N) is 1. The molecule has 0 atom stereocenters. The molecule has 0 aliphatic rings. The predicted molar refractivity (Wildman–Crippen MR) is 137 cm³/mol. The minimum Gasteiger partial charge on any atom is -0.361 e. The van der Waals surface area contributed by atoms with Gasteiger partial charge in [-0.15, -0.1) is 0 Å². The van der Waals surface area contributed by atoms with Crippen molar-refractivity contribution in [3.63, 3.8) is 0 Å². The quantitative estimate of drug-likeness (QED) is 0.370. The maximum absolute atomic E-state index is 5.97. The van der Waals surface area contributed by atoms with Crippen molar-refractivity contribution in [2.45, 2.75) is 0 Å². The van der Waals surface area contributed by atoms with Crippen molar-refractivity contribution < 1.29 is 0 Å². The Balaban J connectivity index is 1.60. The van der Waals surface area contributed by atoms with Crippen LogP contribution in [0.2, 0.25) is 10.0 Å². The summed E-state index contributed by atoms with van der Waals surface area (Å²) in [6.07, 6.45) is 0. The standard InChI is InChI=1S/C22H20Cl2N4S2/c23-16-6-10-18(11-7-16)26-21(29)25-14-15-28(20-4-2-1-3-5-20)22(30)27-19-12-8-17(24)9-13-19/h1-13H,14-15H2,(H,27,30)(H2,25,26,29). The minimum absolute atomic E-state index is 0.530. The summed E-state index contributed by atoms with van der Waals surface area (Å²) < 4.78 is 0. The smallest absolute Gasteiger partial charge is 0.178 e. The first kappa shape index (κ1) is 22.3. The molecule has 0 aliphatic heterocycles. The number of hydrogen-bond donors (Lipinski definition) is 3. The molecule has 0 amide bonds. The summed E-state index contributed by atoms with van der Waals surface area (Å²) in [7, 11) is 0. The number of rotatable bonds is 6. The highest BCUT2D eigenvalue weighted by atomic mass is 35.5. The first-order chi connectivity index (χ1) is 14.5. The average molecular weight is 475 g/mol. The number of para-hydroxylation sites is 1. The van der Waals surface area contributed by atoms with E-state index in [4.69, 9.17) is 47.6 Å². The molecule has 0 saturated carbocycles. The summed E-state index contributed by atoms with van der Waals surface area (Å²) in [6, 6.07) is 24.7. The number of benzene rings is 3. The first-order valence-electron chi connectivity index (χ1n) is 9.21. The van der Waals surface area contributed by atoms with Crippen molar-refractivity contribution in [3.05, 3.63) is 88.9 Å². The molecule has 154 valence electrons. The van der Waals surface area contributed by atoms with Gasteiger partial charge in [-0.05, 0) is 85.1 Å². The molecule has 0 aliphatic carbocycles. The van der Waals surface area contributed by atoms with Gasteiger partial charge in [-0.2, -0.15) is 0 Å². The van der Waals surface area contributed by atoms with Crippen LogP contribution in [0.3, 0.4) is 0 Å². The Kier molecular flexibility index (Phi) is 8.28. The number of thiocarbonyl (C=S) groups is 2. The van der Waals surface area contributed by atoms with Crippen LogP contribution in [0, 0.1) is 0 Å². The van der Waals surface area contributed by atoms with Crippen LogP contribution in [-0.4, -0.2) is 23.3 Å². The fraction of sp³-hybridized carbons (Fsp3) is 0.0909. The number of halogens is 2. The maximum Gasteiger partial charge on any atom is 0.178 e. The molecule has 0 heterocycles. The molecule has 0 fully saturated rings. The van der Waals surface area contributed by atoms with Crippen molar-refractivity contribution >= 4 is 74.9 Å². The van der Waals surface area contributed by atoms with Crippen molar-refractivity contribution in [3.8, 4) is 0 Å². The normalized spacial score (nSPS) is 10.2. The molecule has 0 bridgehead atoms. The number of hydrogen-bond acceptors (Lipinski definition) is 2. The van der Waals surface area contributed by atoms with E-state index in [1.807, 2.05) is 83.8 Å². The molecule has 0 spiro atoms. The van der Waals surface area contributed by atoms with Gasteiger partial charge >= 0.3 is 0 Å². The molecule has 3 aromatic carbocycles. The third-order valence-electron chi connectivity index (χ3n) is 4.13. The zero-order valence-electron chi connectivity index (χ0n) is 15.9. The summed E-state index contributed by atoms with van der Waals surface area (Å²) in [5.41, 5.74) is 2.73. The first-order valence-corrected chi connectivity index (χ1v) is 10.8. The molecule has 0 radical (unpaired) electrons. The molecule has 0 saturated heterocycles. The van der Waals surface area contributed by atoms with E-state index < -0.39 is 0 Å². The number of nitrogens with one attached hydrogen (secondary N) is 3. The van der Waals surface area contributed by atoms with Crippen LogP contribution in [0.5, 0.6) is 0 Å². The summed E-state index contributed by atoms with van der Waals surface area (Å²) >= 11 is 22.9. The maximum atomic E-state index is 5.97. The lowest BCUT2D eigenvalue weighted by molar-refractivity contribution is 0.868. The zero-order chi connectivity index (χ0) is 21.3. The van der Waals surface area contributed by atoms with Gasteiger partial charge in [-0.25, -0.2) is 0 Å². The van der Waals surface area contributed by atoms with Gasteiger partial charge < -0.3 is 20.9 Å². The van der Waals surface area contributed by atoms with Crippen molar-refractivity contribution in [1.82, 2.24) is 5.32 Å². The van der Waals surface area contributed by atoms with Crippen LogP contribution >= 0.6 is 47.6 Å². The van der Waals surface area contributed by atoms with Gasteiger partial charge in [0.05, 0.1) is 0 Å². The second kappa shape index (κ2) is 11.1. The third kappa shape index (κ3) is 6.85. The predicted octanol–water partition coefficient (Wildman–Crippen LogP) is 6.18. The Hall–Kier alpha value is -2.38. The van der Waals surface area contributed by atoms with Crippen molar-refractivity contribution in [2.75, 3.05) is 28.6 Å². The largest absolute Gasteiger partial charge is 0.361 e. The average Bonchev–Trinajstić information content (AvgIpc) is 2.75. The third-order valence-corrected chi connectivity index (χ3v) is 5.20. The van der Waals surface area contributed by atoms with E-state index in [1.165, 1.54) is 0 Å². The fourth-order valence-electron chi connectivity index (χ4n) is 2.67. The van der Waals surface area contributed by atoms with Gasteiger partial charge in [-0.3, -0.25) is 0 Å². The molecule has 3 rings (SSSR count). The van der Waals surface area contributed by atoms with Gasteiger partial charge in [0, 0.05) is 40.2 Å². The fourth-order valence-corrected chi connectivity index (χ4v) is 3.46. The monoisotopic (exact) mass is 474 g/mol. The molecular weight excluding hydrogens is 455 g/mol. The lowest BCUT2D eigenvalue weighted by Crippen LogP contribution is -2.41. The van der Waals surface area contributed by atoms with Crippen LogP contribution in [-0.2, 0) is 0 Å². The van der Waals surface area contributed by atoms with E-state index in [9.17, 15) is 0 Å². The van der Waals surface area contributed by atoms with E-state index in [2.05, 4.69) is 16.0 Å². The van der Waals surface area contributed by atoms with Crippen LogP contribution in [0.15, 0.2) is 78.9 Å². The lowest BCUT2D eigenvalue weighted by Gasteiger charge is -2.26. The van der Waals surface area contributed by atoms with Gasteiger partial charge in [0.2, 0.25) is 0 Å². The Morgan fingerprint density at radius 3 is 1.83 bits per heavy atom. The van der Waals surface area contributed by atoms with Crippen LogP contribution < -0.4 is 20.9 Å². The Morgan fingerprint density at radius 2 is 1.27 bits per heavy atom. The molecule has 3 aromatic rings. The highest BCUT2D eigenvalue weighted by Gasteiger charge is 2.12. The topological polar surface area (TPSA) is 39.3 Å². The lowest BCUT2D eigenvalue weighted by atomic mass is 10.3. The van der Waals surface area contributed by atoms with Gasteiger partial charge in [0.1, 0.15) is 0 Å². The summed E-state index contributed by atoms with van der Waals surface area (Å²) in [5.74, 6) is 0. The van der Waals surface area contributed by atoms with Gasteiger partial charge in [-0.1, -0.05) is 41.4 Å². The molecule has 0 unspecified atom stereocenters. The Bertz CT molecular complexity index is 980. The van der Waals surface area contributed by atoms with Crippen LogP contribution in [0.1, 0.15) is 0 Å². The van der Waals surface area contributed by atoms with Gasteiger partial charge in [0.25, 0.3) is 0 Å². The van der Waals surface area contributed by atoms with Crippen LogP contribution in [0.25, 0.3) is 0 Å². The molecule has 4 nitrogen and oxygen atoms in total. The van der Waals surface area contributed by atoms with E-state index in [0.717, 1.165) is 17.1 Å². The van der Waals surface area contributed by atoms with Crippen molar-refractivity contribution in [1.29, 1.82) is 0 Å². The second-order valence-corrected chi connectivity index (χ2v) is 7.98. The van der Waals surface area contributed by atoms with E-state index in [0.29, 0.717) is 33.4 Å². The van der Waals surface area contributed by atoms with E-state index in [1.54, 1.807) is 0 Å². The second-order valence-electron chi connectivity index (χ2n) is 6.31. The van der Waals surface area contributed by atoms with Crippen LogP contribution in [0.4, 0.5) is 17.1 Å². The molecule has 8 heteroatoms. The summed E-state index contributed by atoms with van der Waals surface area (Å²) in [4.78, 5) is 2.02.